The second-order valence-corrected chi connectivity index (χ2v) is 4.85. The minimum absolute atomic E-state index is 0.169. The van der Waals surface area contributed by atoms with Crippen LogP contribution in [0.3, 0.4) is 0 Å². The number of nitrogen functional groups attached to an aromatic ring is 1. The number of hydrogen-bond donors (Lipinski definition) is 2. The second-order valence-electron chi connectivity index (χ2n) is 4.85. The fraction of sp³-hybridized carbons (Fsp3) is 0.0625. The molecule has 3 N–H and O–H groups in total. The standard InChI is InChI=1S/C16H13FN2O/c1-9-4-10(6-12(18)5-9)16(20)14-8-19-15-3-2-11(17)7-13(14)15/h2-8,19H,18H2,1H3. The number of halogens is 1. The summed E-state index contributed by atoms with van der Waals surface area (Å²) in [6, 6.07) is 9.54. The summed E-state index contributed by atoms with van der Waals surface area (Å²) in [5, 5.41) is 0.579. The Morgan fingerprint density at radius 2 is 2.00 bits per heavy atom. The number of rotatable bonds is 2. The van der Waals surface area contributed by atoms with Gasteiger partial charge < -0.3 is 10.7 Å². The van der Waals surface area contributed by atoms with Crippen molar-refractivity contribution in [1.29, 1.82) is 0 Å². The maximum atomic E-state index is 13.3. The number of ketones is 1. The Morgan fingerprint density at radius 1 is 1.20 bits per heavy atom. The minimum atomic E-state index is -0.366. The SMILES string of the molecule is Cc1cc(N)cc(C(=O)c2c[nH]c3ccc(F)cc23)c1. The third kappa shape index (κ3) is 2.05. The van der Waals surface area contributed by atoms with E-state index in [0.29, 0.717) is 22.2 Å². The molecule has 0 unspecified atom stereocenters. The van der Waals surface area contributed by atoms with Crippen LogP contribution < -0.4 is 5.73 Å². The Balaban J connectivity index is 2.15. The van der Waals surface area contributed by atoms with Crippen molar-refractivity contribution < 1.29 is 9.18 Å². The molecule has 4 heteroatoms. The molecule has 100 valence electrons. The summed E-state index contributed by atoms with van der Waals surface area (Å²) >= 11 is 0. The monoisotopic (exact) mass is 268 g/mol. The Labute approximate surface area is 115 Å². The Bertz CT molecular complexity index is 800. The van der Waals surface area contributed by atoms with Crippen LogP contribution in [0.4, 0.5) is 10.1 Å². The normalized spacial score (nSPS) is 10.9. The van der Waals surface area contributed by atoms with Crippen molar-refractivity contribution >= 4 is 22.4 Å². The van der Waals surface area contributed by atoms with Gasteiger partial charge in [-0.25, -0.2) is 4.39 Å². The number of anilines is 1. The number of carbonyl (C=O) groups is 1. The van der Waals surface area contributed by atoms with Gasteiger partial charge in [0.1, 0.15) is 5.82 Å². The lowest BCUT2D eigenvalue weighted by atomic mass is 10.0. The van der Waals surface area contributed by atoms with Gasteiger partial charge in [-0.05, 0) is 48.9 Å². The van der Waals surface area contributed by atoms with Crippen molar-refractivity contribution in [3.8, 4) is 0 Å². The molecule has 2 aromatic carbocycles. The lowest BCUT2D eigenvalue weighted by Crippen LogP contribution is -2.02. The average molecular weight is 268 g/mol. The molecule has 0 bridgehead atoms. The molecule has 0 aliphatic carbocycles. The van der Waals surface area contributed by atoms with Gasteiger partial charge in [-0.15, -0.1) is 0 Å². The molecule has 0 aliphatic heterocycles. The van der Waals surface area contributed by atoms with E-state index in [4.69, 9.17) is 5.73 Å². The highest BCUT2D eigenvalue weighted by Crippen LogP contribution is 2.23. The van der Waals surface area contributed by atoms with Gasteiger partial charge in [0.2, 0.25) is 0 Å². The molecular formula is C16H13FN2O. The largest absolute Gasteiger partial charge is 0.399 e. The molecule has 0 saturated heterocycles. The summed E-state index contributed by atoms with van der Waals surface area (Å²) in [4.78, 5) is 15.5. The molecule has 0 aliphatic rings. The molecule has 0 atom stereocenters. The summed E-state index contributed by atoms with van der Waals surface area (Å²) in [7, 11) is 0. The molecule has 3 aromatic rings. The molecule has 0 spiro atoms. The zero-order chi connectivity index (χ0) is 14.3. The van der Waals surface area contributed by atoms with Crippen molar-refractivity contribution in [2.75, 3.05) is 5.73 Å². The Kier molecular flexibility index (Phi) is 2.79. The molecule has 3 nitrogen and oxygen atoms in total. The highest BCUT2D eigenvalue weighted by Gasteiger charge is 2.15. The molecule has 0 amide bonds. The van der Waals surface area contributed by atoms with E-state index in [1.54, 1.807) is 30.5 Å². The first-order valence-corrected chi connectivity index (χ1v) is 6.23. The molecule has 20 heavy (non-hydrogen) atoms. The van der Waals surface area contributed by atoms with E-state index in [-0.39, 0.29) is 11.6 Å². The summed E-state index contributed by atoms with van der Waals surface area (Å²) in [5.41, 5.74) is 8.91. The van der Waals surface area contributed by atoms with Gasteiger partial charge in [0.25, 0.3) is 0 Å². The van der Waals surface area contributed by atoms with Crippen molar-refractivity contribution in [1.82, 2.24) is 4.98 Å². The van der Waals surface area contributed by atoms with Gasteiger partial charge in [0.15, 0.2) is 5.78 Å². The Morgan fingerprint density at radius 3 is 2.75 bits per heavy atom. The van der Waals surface area contributed by atoms with E-state index in [1.165, 1.54) is 12.1 Å². The van der Waals surface area contributed by atoms with Crippen LogP contribution >= 0.6 is 0 Å². The van der Waals surface area contributed by atoms with Crippen molar-refractivity contribution in [2.24, 2.45) is 0 Å². The van der Waals surface area contributed by atoms with E-state index in [9.17, 15) is 9.18 Å². The third-order valence-electron chi connectivity index (χ3n) is 3.25. The molecule has 3 rings (SSSR count). The van der Waals surface area contributed by atoms with Gasteiger partial charge in [0.05, 0.1) is 0 Å². The van der Waals surface area contributed by atoms with E-state index >= 15 is 0 Å². The first kappa shape index (κ1) is 12.4. The quantitative estimate of drug-likeness (QED) is 0.552. The second kappa shape index (κ2) is 4.49. The molecule has 1 heterocycles. The third-order valence-corrected chi connectivity index (χ3v) is 3.25. The molecule has 0 radical (unpaired) electrons. The van der Waals surface area contributed by atoms with Crippen molar-refractivity contribution in [3.63, 3.8) is 0 Å². The molecule has 0 fully saturated rings. The van der Waals surface area contributed by atoms with Gasteiger partial charge in [-0.2, -0.15) is 0 Å². The fourth-order valence-electron chi connectivity index (χ4n) is 2.38. The number of aryl methyl sites for hydroxylation is 1. The lowest BCUT2D eigenvalue weighted by molar-refractivity contribution is 0.104. The summed E-state index contributed by atoms with van der Waals surface area (Å²) < 4.78 is 13.3. The number of H-pyrrole nitrogens is 1. The number of benzene rings is 2. The number of aromatic nitrogens is 1. The van der Waals surface area contributed by atoms with Crippen LogP contribution in [0.2, 0.25) is 0 Å². The van der Waals surface area contributed by atoms with Gasteiger partial charge in [0, 0.05) is 33.9 Å². The van der Waals surface area contributed by atoms with Crippen LogP contribution in [0, 0.1) is 12.7 Å². The molecular weight excluding hydrogens is 255 g/mol. The Hall–Kier alpha value is -2.62. The van der Waals surface area contributed by atoms with Crippen LogP contribution in [0.1, 0.15) is 21.5 Å². The lowest BCUT2D eigenvalue weighted by Gasteiger charge is -2.03. The fourth-order valence-corrected chi connectivity index (χ4v) is 2.38. The number of carbonyl (C=O) groups excluding carboxylic acids is 1. The molecule has 0 saturated carbocycles. The predicted octanol–water partition coefficient (Wildman–Crippen LogP) is 3.43. The van der Waals surface area contributed by atoms with E-state index in [1.807, 2.05) is 6.92 Å². The first-order valence-electron chi connectivity index (χ1n) is 6.23. The highest BCUT2D eigenvalue weighted by molar-refractivity contribution is 6.16. The van der Waals surface area contributed by atoms with Crippen molar-refractivity contribution in [3.05, 3.63) is 65.1 Å². The van der Waals surface area contributed by atoms with Gasteiger partial charge in [-0.1, -0.05) is 0 Å². The summed E-state index contributed by atoms with van der Waals surface area (Å²) in [5.74, 6) is -0.535. The van der Waals surface area contributed by atoms with Crippen LogP contribution in [0.25, 0.3) is 10.9 Å². The minimum Gasteiger partial charge on any atom is -0.399 e. The number of fused-ring (bicyclic) bond motifs is 1. The number of hydrogen-bond acceptors (Lipinski definition) is 2. The maximum Gasteiger partial charge on any atom is 0.195 e. The zero-order valence-electron chi connectivity index (χ0n) is 10.9. The van der Waals surface area contributed by atoms with Crippen LogP contribution in [0.15, 0.2) is 42.6 Å². The number of aromatic amines is 1. The summed E-state index contributed by atoms with van der Waals surface area (Å²) in [6.45, 7) is 1.88. The number of nitrogens with two attached hydrogens (primary N) is 1. The maximum absolute atomic E-state index is 13.3. The topological polar surface area (TPSA) is 58.9 Å². The van der Waals surface area contributed by atoms with Gasteiger partial charge in [-0.3, -0.25) is 4.79 Å². The zero-order valence-corrected chi connectivity index (χ0v) is 10.9. The van der Waals surface area contributed by atoms with E-state index in [0.717, 1.165) is 11.1 Å². The van der Waals surface area contributed by atoms with E-state index < -0.39 is 0 Å². The van der Waals surface area contributed by atoms with Crippen LogP contribution in [-0.4, -0.2) is 10.8 Å². The number of nitrogens with one attached hydrogen (secondary N) is 1. The smallest absolute Gasteiger partial charge is 0.195 e. The van der Waals surface area contributed by atoms with E-state index in [2.05, 4.69) is 4.98 Å². The molecule has 1 aromatic heterocycles. The van der Waals surface area contributed by atoms with Crippen molar-refractivity contribution in [2.45, 2.75) is 6.92 Å². The highest BCUT2D eigenvalue weighted by atomic mass is 19.1. The van der Waals surface area contributed by atoms with Crippen LogP contribution in [-0.2, 0) is 0 Å². The summed E-state index contributed by atoms with van der Waals surface area (Å²) in [6.07, 6.45) is 1.60. The van der Waals surface area contributed by atoms with Gasteiger partial charge >= 0.3 is 0 Å². The average Bonchev–Trinajstić information content (AvgIpc) is 2.79. The van der Waals surface area contributed by atoms with Crippen LogP contribution in [0.5, 0.6) is 0 Å². The first-order chi connectivity index (χ1) is 9.54. The predicted molar refractivity (Wildman–Crippen MR) is 77.3 cm³/mol.